The fourth-order valence-electron chi connectivity index (χ4n) is 11.0. The summed E-state index contributed by atoms with van der Waals surface area (Å²) in [4.78, 5) is 9.42. The number of nitrogens with zero attached hydrogens (tertiary/aromatic N) is 6. The Balaban J connectivity index is 0.000000232. The zero-order valence-electron chi connectivity index (χ0n) is 61.0. The second-order valence-electron chi connectivity index (χ2n) is 27.7. The van der Waals surface area contributed by atoms with E-state index < -0.39 is 0 Å². The third-order valence-electron chi connectivity index (χ3n) is 16.6. The van der Waals surface area contributed by atoms with Crippen molar-refractivity contribution in [2.45, 2.75) is 235 Å². The Morgan fingerprint density at radius 1 is 0.548 bits per heavy atom. The molecule has 5 N–H and O–H groups in total. The van der Waals surface area contributed by atoms with Gasteiger partial charge in [-0.1, -0.05) is 249 Å². The van der Waals surface area contributed by atoms with E-state index in [0.717, 1.165) is 80.0 Å². The topological polar surface area (TPSA) is 133 Å². The first kappa shape index (κ1) is 79.5. The Morgan fingerprint density at radius 2 is 1.06 bits per heavy atom. The summed E-state index contributed by atoms with van der Waals surface area (Å²) >= 11 is 0. The molecule has 4 fully saturated rings. The number of likely N-dealkylation sites (tertiary alicyclic amines) is 1. The number of hydrogen-bond donors (Lipinski definition) is 5. The summed E-state index contributed by atoms with van der Waals surface area (Å²) in [6.45, 7) is 41.7. The van der Waals surface area contributed by atoms with Gasteiger partial charge in [-0.15, -0.1) is 10.2 Å². The molecule has 0 spiro atoms. The molecule has 0 bridgehead atoms. The Bertz CT molecular complexity index is 2830. The smallest absolute Gasteiger partial charge is 0.230 e. The summed E-state index contributed by atoms with van der Waals surface area (Å²) in [5.41, 5.74) is 6.55. The highest BCUT2D eigenvalue weighted by atomic mass is 16.5. The molecular formula is C80H129N11O2. The SMILES string of the molecule is CC(C)NC1(c2ccccc2)CC1.CC(C)NCC(c1ccccc1)N1CCOCC1.CC(C)NCCC1CCCCC1.CC(C)Nc1ccccc1.CC(C)Nc1nc2ccccc2n1C.CC(C)c1nnc(CN2CCCCC2)o1.CCC(C)C.c1ccccc1. The number of imidazole rings is 1. The normalized spacial score (nSPS) is 15.7. The van der Waals surface area contributed by atoms with E-state index in [-0.39, 0.29) is 0 Å². The summed E-state index contributed by atoms with van der Waals surface area (Å²) < 4.78 is 13.1. The summed E-state index contributed by atoms with van der Waals surface area (Å²) in [6.07, 6.45) is 16.6. The van der Waals surface area contributed by atoms with E-state index in [4.69, 9.17) is 9.15 Å². The van der Waals surface area contributed by atoms with Gasteiger partial charge in [0.2, 0.25) is 17.7 Å². The molecule has 2 aromatic heterocycles. The number of aromatic nitrogens is 4. The van der Waals surface area contributed by atoms with Crippen molar-refractivity contribution in [3.8, 4) is 0 Å². The van der Waals surface area contributed by atoms with E-state index in [1.165, 1.54) is 113 Å². The molecule has 13 heteroatoms. The molecule has 2 saturated heterocycles. The van der Waals surface area contributed by atoms with Crippen molar-refractivity contribution < 1.29 is 9.15 Å². The molecule has 2 aliphatic heterocycles. The van der Waals surface area contributed by atoms with Crippen LogP contribution in [0.15, 0.2) is 156 Å². The number of hydrogen-bond acceptors (Lipinski definition) is 12. The Hall–Kier alpha value is -5.93. The molecule has 0 radical (unpaired) electrons. The zero-order chi connectivity index (χ0) is 67.6. The number of anilines is 2. The molecule has 13 nitrogen and oxygen atoms in total. The van der Waals surface area contributed by atoms with Crippen molar-refractivity contribution in [3.05, 3.63) is 175 Å². The van der Waals surface area contributed by atoms with Crippen molar-refractivity contribution in [1.29, 1.82) is 0 Å². The predicted octanol–water partition coefficient (Wildman–Crippen LogP) is 18.5. The van der Waals surface area contributed by atoms with Crippen LogP contribution < -0.4 is 26.6 Å². The molecule has 1 atom stereocenters. The van der Waals surface area contributed by atoms with Crippen molar-refractivity contribution in [1.82, 2.24) is 45.5 Å². The van der Waals surface area contributed by atoms with Crippen LogP contribution in [0.25, 0.3) is 11.0 Å². The second kappa shape index (κ2) is 46.2. The summed E-state index contributed by atoms with van der Waals surface area (Å²) in [5.74, 6) is 4.69. The van der Waals surface area contributed by atoms with Gasteiger partial charge in [0.1, 0.15) is 0 Å². The zero-order valence-corrected chi connectivity index (χ0v) is 61.0. The highest BCUT2D eigenvalue weighted by Crippen LogP contribution is 2.45. The predicted molar refractivity (Wildman–Crippen MR) is 398 cm³/mol. The lowest BCUT2D eigenvalue weighted by atomic mass is 9.87. The van der Waals surface area contributed by atoms with E-state index in [2.05, 4.69) is 239 Å². The van der Waals surface area contributed by atoms with Crippen LogP contribution in [-0.4, -0.2) is 112 Å². The number of benzene rings is 5. The van der Waals surface area contributed by atoms with Gasteiger partial charge in [-0.25, -0.2) is 4.98 Å². The van der Waals surface area contributed by atoms with Crippen LogP contribution in [0.3, 0.4) is 0 Å². The first-order valence-corrected chi connectivity index (χ1v) is 36.0. The lowest BCUT2D eigenvalue weighted by Crippen LogP contribution is -2.43. The number of piperidine rings is 1. The van der Waals surface area contributed by atoms with Crippen LogP contribution >= 0.6 is 0 Å². The highest BCUT2D eigenvalue weighted by molar-refractivity contribution is 5.78. The van der Waals surface area contributed by atoms with Crippen LogP contribution in [-0.2, 0) is 23.9 Å². The monoisotopic (exact) mass is 1280 g/mol. The second-order valence-corrected chi connectivity index (χ2v) is 27.7. The van der Waals surface area contributed by atoms with Gasteiger partial charge in [-0.3, -0.25) is 9.80 Å². The molecule has 0 amide bonds. The van der Waals surface area contributed by atoms with E-state index in [9.17, 15) is 0 Å². The number of fused-ring (bicyclic) bond motifs is 1. The minimum Gasteiger partial charge on any atom is -0.424 e. The van der Waals surface area contributed by atoms with Gasteiger partial charge in [-0.05, 0) is 127 Å². The number of para-hydroxylation sites is 3. The molecule has 7 aromatic rings. The standard InChI is InChI=1S/C15H24N2O.C12H17N.C11H19N3O.C11H15N3.C11H23N.C9H13N.C6H6.C5H12/c1-13(2)16-12-15(14-6-4-3-5-7-14)17-8-10-18-11-9-17;1-10(2)13-12(8-9-12)11-6-4-3-5-7-11;1-9(2)11-13-12-10(15-11)8-14-6-4-3-5-7-14;1-8(2)12-11-13-9-6-4-5-7-10(9)14(11)3;1-10(2)12-9-8-11-6-4-3-5-7-11;1-8(2)10-9-6-4-3-5-7-9;1-2-4-6-5-3-1;1-4-5(2)3/h3-7,13,15-16H,8-12H2,1-2H3;3-7,10,13H,8-9H2,1-2H3;9H,3-8H2,1-2H3;4-8H,1-3H3,(H,12,13);10-12H,3-9H2,1-2H3;3-8,10H,1-2H3;1-6H;5H,4H2,1-3H3. The summed E-state index contributed by atoms with van der Waals surface area (Å²) in [5, 5.41) is 25.4. The minimum absolute atomic E-state index is 0.315. The largest absolute Gasteiger partial charge is 0.424 e. The van der Waals surface area contributed by atoms with E-state index >= 15 is 0 Å². The van der Waals surface area contributed by atoms with Crippen molar-refractivity contribution in [3.63, 3.8) is 0 Å². The highest BCUT2D eigenvalue weighted by Gasteiger charge is 2.44. The fraction of sp³-hybridized carbons (Fsp3) is 0.588. The Labute approximate surface area is 566 Å². The average molecular weight is 1280 g/mol. The van der Waals surface area contributed by atoms with Gasteiger partial charge in [0, 0.05) is 80.1 Å². The van der Waals surface area contributed by atoms with Gasteiger partial charge in [0.15, 0.2) is 0 Å². The molecule has 1 unspecified atom stereocenters. The first-order valence-electron chi connectivity index (χ1n) is 36.0. The maximum absolute atomic E-state index is 5.58. The van der Waals surface area contributed by atoms with E-state index in [1.807, 2.05) is 79.8 Å². The lowest BCUT2D eigenvalue weighted by Gasteiger charge is -2.35. The summed E-state index contributed by atoms with van der Waals surface area (Å²) in [7, 11) is 2.03. The van der Waals surface area contributed by atoms with Crippen LogP contribution in [0, 0.1) is 11.8 Å². The van der Waals surface area contributed by atoms with Crippen molar-refractivity contribution in [2.75, 3.05) is 63.1 Å². The van der Waals surface area contributed by atoms with E-state index in [1.54, 1.807) is 0 Å². The average Bonchev–Trinajstić information content (AvgIpc) is 1.64. The molecule has 516 valence electrons. The molecule has 11 rings (SSSR count). The lowest BCUT2D eigenvalue weighted by molar-refractivity contribution is 0.0158. The van der Waals surface area contributed by atoms with Crippen molar-refractivity contribution in [2.24, 2.45) is 18.9 Å². The van der Waals surface area contributed by atoms with Crippen LogP contribution in [0.4, 0.5) is 11.6 Å². The molecule has 2 aliphatic carbocycles. The Morgan fingerprint density at radius 3 is 1.56 bits per heavy atom. The molecule has 2 saturated carbocycles. The van der Waals surface area contributed by atoms with Gasteiger partial charge < -0.3 is 40.3 Å². The maximum atomic E-state index is 5.58. The number of morpholine rings is 1. The van der Waals surface area contributed by atoms with Crippen LogP contribution in [0.1, 0.15) is 216 Å². The molecular weight excluding hydrogens is 1150 g/mol. The van der Waals surface area contributed by atoms with Gasteiger partial charge in [0.05, 0.1) is 30.8 Å². The first-order chi connectivity index (χ1) is 44.8. The van der Waals surface area contributed by atoms with Crippen LogP contribution in [0.5, 0.6) is 0 Å². The Kier molecular flexibility index (Phi) is 39.5. The molecule has 4 aliphatic rings. The molecule has 4 heterocycles. The number of rotatable bonds is 20. The molecule has 5 aromatic carbocycles. The van der Waals surface area contributed by atoms with Crippen LogP contribution in [0.2, 0.25) is 0 Å². The maximum Gasteiger partial charge on any atom is 0.230 e. The number of nitrogens with one attached hydrogen (secondary N) is 5. The molecule has 93 heavy (non-hydrogen) atoms. The fourth-order valence-corrected chi connectivity index (χ4v) is 11.0. The van der Waals surface area contributed by atoms with Crippen molar-refractivity contribution >= 4 is 22.7 Å². The van der Waals surface area contributed by atoms with Gasteiger partial charge in [-0.2, -0.15) is 0 Å². The minimum atomic E-state index is 0.315. The van der Waals surface area contributed by atoms with E-state index in [0.29, 0.717) is 47.7 Å². The summed E-state index contributed by atoms with van der Waals surface area (Å²) in [6, 6.07) is 55.1. The third-order valence-corrected chi connectivity index (χ3v) is 16.6. The quantitative estimate of drug-likeness (QED) is 0.0498. The number of aryl methyl sites for hydroxylation is 1. The third kappa shape index (κ3) is 34.4. The van der Waals surface area contributed by atoms with Gasteiger partial charge >= 0.3 is 0 Å². The number of ether oxygens (including phenoxy) is 1. The van der Waals surface area contributed by atoms with Gasteiger partial charge in [0.25, 0.3) is 0 Å².